The Labute approximate surface area is 175 Å². The van der Waals surface area contributed by atoms with Crippen molar-refractivity contribution in [3.8, 4) is 0 Å². The van der Waals surface area contributed by atoms with Crippen LogP contribution in [-0.4, -0.2) is 20.0 Å². The standard InChI is InChI=1S/C24H39F3O2/c1-5-7-8-9-10-11-15-20(24(6-2,28-3)29-4)16-13-12-14-19-17-22(26)23(27)18-21(19)25/h17-18,20H,5-16H2,1-4H3. The first kappa shape index (κ1) is 26.0. The minimum absolute atomic E-state index is 0.233. The Morgan fingerprint density at radius 2 is 1.31 bits per heavy atom. The highest BCUT2D eigenvalue weighted by Crippen LogP contribution is 2.35. The van der Waals surface area contributed by atoms with Crippen LogP contribution < -0.4 is 0 Å². The second kappa shape index (κ2) is 14.0. The van der Waals surface area contributed by atoms with E-state index in [9.17, 15) is 13.2 Å². The van der Waals surface area contributed by atoms with Crippen molar-refractivity contribution in [1.29, 1.82) is 0 Å². The average Bonchev–Trinajstić information content (AvgIpc) is 2.72. The van der Waals surface area contributed by atoms with E-state index >= 15 is 0 Å². The van der Waals surface area contributed by atoms with Crippen LogP contribution in [-0.2, 0) is 15.9 Å². The smallest absolute Gasteiger partial charge is 0.170 e. The summed E-state index contributed by atoms with van der Waals surface area (Å²) in [7, 11) is 3.38. The van der Waals surface area contributed by atoms with Gasteiger partial charge < -0.3 is 9.47 Å². The third kappa shape index (κ3) is 8.29. The van der Waals surface area contributed by atoms with Crippen LogP contribution >= 0.6 is 0 Å². The zero-order valence-electron chi connectivity index (χ0n) is 18.7. The first-order valence-corrected chi connectivity index (χ1v) is 11.2. The molecule has 29 heavy (non-hydrogen) atoms. The van der Waals surface area contributed by atoms with Crippen LogP contribution in [0.25, 0.3) is 0 Å². The summed E-state index contributed by atoms with van der Waals surface area (Å²) in [5.74, 6) is -3.16. The predicted octanol–water partition coefficient (Wildman–Crippen LogP) is 7.58. The van der Waals surface area contributed by atoms with E-state index in [1.807, 2.05) is 0 Å². The van der Waals surface area contributed by atoms with Gasteiger partial charge in [0, 0.05) is 26.2 Å². The SMILES string of the molecule is CCCCCCCCC(CCCCc1cc(F)c(F)cc1F)C(CC)(OC)OC. The number of aryl methyl sites for hydroxylation is 1. The average molecular weight is 417 g/mol. The van der Waals surface area contributed by atoms with E-state index in [0.717, 1.165) is 38.2 Å². The molecular formula is C24H39F3O2. The molecule has 0 amide bonds. The molecule has 1 unspecified atom stereocenters. The third-order valence-electron chi connectivity index (χ3n) is 6.05. The van der Waals surface area contributed by atoms with Crippen LogP contribution in [0.3, 0.4) is 0 Å². The summed E-state index contributed by atoms with van der Waals surface area (Å²) >= 11 is 0. The number of hydrogen-bond donors (Lipinski definition) is 0. The van der Waals surface area contributed by atoms with E-state index in [-0.39, 0.29) is 11.5 Å². The largest absolute Gasteiger partial charge is 0.353 e. The van der Waals surface area contributed by atoms with Gasteiger partial charge in [-0.3, -0.25) is 0 Å². The topological polar surface area (TPSA) is 18.5 Å². The molecule has 0 aliphatic heterocycles. The highest BCUT2D eigenvalue weighted by atomic mass is 19.2. The number of unbranched alkanes of at least 4 members (excludes halogenated alkanes) is 6. The number of halogens is 3. The Kier molecular flexibility index (Phi) is 12.6. The molecule has 2 nitrogen and oxygen atoms in total. The quantitative estimate of drug-likeness (QED) is 0.157. The molecule has 0 aromatic heterocycles. The van der Waals surface area contributed by atoms with Crippen molar-refractivity contribution in [2.24, 2.45) is 5.92 Å². The molecule has 168 valence electrons. The molecule has 0 saturated heterocycles. The molecule has 1 aromatic rings. The minimum atomic E-state index is -1.14. The summed E-state index contributed by atoms with van der Waals surface area (Å²) in [6.45, 7) is 4.28. The number of hydrogen-bond acceptors (Lipinski definition) is 2. The maximum absolute atomic E-state index is 13.8. The van der Waals surface area contributed by atoms with E-state index in [4.69, 9.17) is 9.47 Å². The second-order valence-corrected chi connectivity index (χ2v) is 7.93. The van der Waals surface area contributed by atoms with Gasteiger partial charge in [0.25, 0.3) is 0 Å². The maximum atomic E-state index is 13.8. The summed E-state index contributed by atoms with van der Waals surface area (Å²) < 4.78 is 51.8. The fraction of sp³-hybridized carbons (Fsp3) is 0.750. The van der Waals surface area contributed by atoms with Crippen molar-refractivity contribution < 1.29 is 22.6 Å². The normalized spacial score (nSPS) is 13.1. The van der Waals surface area contributed by atoms with Crippen LogP contribution in [0.4, 0.5) is 13.2 Å². The van der Waals surface area contributed by atoms with Gasteiger partial charge in [0.2, 0.25) is 0 Å². The monoisotopic (exact) mass is 416 g/mol. The van der Waals surface area contributed by atoms with Gasteiger partial charge in [0.15, 0.2) is 17.4 Å². The van der Waals surface area contributed by atoms with Crippen LogP contribution in [0.15, 0.2) is 12.1 Å². The lowest BCUT2D eigenvalue weighted by Gasteiger charge is -2.38. The van der Waals surface area contributed by atoms with Gasteiger partial charge in [-0.15, -0.1) is 0 Å². The van der Waals surface area contributed by atoms with Crippen LogP contribution in [0.5, 0.6) is 0 Å². The molecule has 0 saturated carbocycles. The van der Waals surface area contributed by atoms with E-state index in [0.29, 0.717) is 18.9 Å². The summed E-state index contributed by atoms with van der Waals surface area (Å²) in [6, 6.07) is 1.60. The van der Waals surface area contributed by atoms with Gasteiger partial charge in [0.05, 0.1) is 0 Å². The van der Waals surface area contributed by atoms with Crippen LogP contribution in [0.2, 0.25) is 0 Å². The van der Waals surface area contributed by atoms with Gasteiger partial charge in [-0.2, -0.15) is 0 Å². The molecule has 0 aliphatic rings. The fourth-order valence-electron chi connectivity index (χ4n) is 4.21. The number of ether oxygens (including phenoxy) is 2. The van der Waals surface area contributed by atoms with Crippen molar-refractivity contribution in [3.05, 3.63) is 35.1 Å². The molecule has 1 aromatic carbocycles. The first-order valence-electron chi connectivity index (χ1n) is 11.2. The Hall–Kier alpha value is -1.07. The lowest BCUT2D eigenvalue weighted by Crippen LogP contribution is -2.41. The Morgan fingerprint density at radius 1 is 0.759 bits per heavy atom. The number of benzene rings is 1. The van der Waals surface area contributed by atoms with Gasteiger partial charge in [0.1, 0.15) is 5.82 Å². The lowest BCUT2D eigenvalue weighted by atomic mass is 9.85. The summed E-state index contributed by atoms with van der Waals surface area (Å²) in [4.78, 5) is 0. The van der Waals surface area contributed by atoms with Crippen molar-refractivity contribution in [3.63, 3.8) is 0 Å². The number of rotatable bonds is 16. The Balaban J connectivity index is 2.59. The van der Waals surface area contributed by atoms with Gasteiger partial charge in [-0.05, 0) is 43.7 Å². The van der Waals surface area contributed by atoms with Crippen molar-refractivity contribution in [1.82, 2.24) is 0 Å². The zero-order chi connectivity index (χ0) is 21.7. The molecule has 1 atom stereocenters. The van der Waals surface area contributed by atoms with Gasteiger partial charge >= 0.3 is 0 Å². The molecule has 1 rings (SSSR count). The Bertz CT molecular complexity index is 565. The van der Waals surface area contributed by atoms with E-state index < -0.39 is 23.2 Å². The van der Waals surface area contributed by atoms with E-state index in [1.165, 1.54) is 32.1 Å². The molecule has 0 aliphatic carbocycles. The molecule has 0 N–H and O–H groups in total. The van der Waals surface area contributed by atoms with Crippen molar-refractivity contribution >= 4 is 0 Å². The highest BCUT2D eigenvalue weighted by Gasteiger charge is 2.36. The maximum Gasteiger partial charge on any atom is 0.170 e. The van der Waals surface area contributed by atoms with Gasteiger partial charge in [-0.25, -0.2) is 13.2 Å². The first-order chi connectivity index (χ1) is 13.9. The second-order valence-electron chi connectivity index (χ2n) is 7.93. The molecule has 0 fully saturated rings. The van der Waals surface area contributed by atoms with E-state index in [1.54, 1.807) is 14.2 Å². The number of methoxy groups -OCH3 is 2. The van der Waals surface area contributed by atoms with Crippen LogP contribution in [0.1, 0.15) is 90.0 Å². The van der Waals surface area contributed by atoms with Crippen molar-refractivity contribution in [2.75, 3.05) is 14.2 Å². The molecule has 5 heteroatoms. The predicted molar refractivity (Wildman–Crippen MR) is 112 cm³/mol. The summed E-state index contributed by atoms with van der Waals surface area (Å²) in [5, 5.41) is 0. The summed E-state index contributed by atoms with van der Waals surface area (Å²) in [6.07, 6.45) is 12.1. The third-order valence-corrected chi connectivity index (χ3v) is 6.05. The molecule has 0 bridgehead atoms. The summed E-state index contributed by atoms with van der Waals surface area (Å²) in [5.41, 5.74) is 0.233. The van der Waals surface area contributed by atoms with Gasteiger partial charge in [-0.1, -0.05) is 58.8 Å². The molecule has 0 radical (unpaired) electrons. The lowest BCUT2D eigenvalue weighted by molar-refractivity contribution is -0.244. The fourth-order valence-corrected chi connectivity index (χ4v) is 4.21. The van der Waals surface area contributed by atoms with Crippen molar-refractivity contribution in [2.45, 2.75) is 96.7 Å². The van der Waals surface area contributed by atoms with E-state index in [2.05, 4.69) is 13.8 Å². The zero-order valence-corrected chi connectivity index (χ0v) is 18.7. The molecule has 0 spiro atoms. The Morgan fingerprint density at radius 3 is 1.90 bits per heavy atom. The molecular weight excluding hydrogens is 377 g/mol. The minimum Gasteiger partial charge on any atom is -0.353 e. The molecule has 0 heterocycles. The van der Waals surface area contributed by atoms with Crippen LogP contribution in [0, 0.1) is 23.4 Å². The highest BCUT2D eigenvalue weighted by molar-refractivity contribution is 5.20.